The number of carbonyl (C=O) groups excluding carboxylic acids is 1. The molecule has 35 atom stereocenters. The van der Waals surface area contributed by atoms with Gasteiger partial charge in [0.2, 0.25) is 6.29 Å². The van der Waals surface area contributed by atoms with E-state index >= 15 is 4.79 Å². The maximum Gasteiger partial charge on any atom is 0.315 e. The Labute approximate surface area is 534 Å². The molecule has 0 unspecified atom stereocenters. The SMILES string of the molecule is C[C@@H]1O[C@@H](O[C@@H]2CO[C@@H](OC(=O)[C@]34CCC(C)(C)C[C@@H]3C3=CC[C@@H]5[C@@]6(C)CC[C@H](O[C@@H]7OC[C@H](O[C@@H]8O[C@H](CO)[C@@H](O)[C@H](O)[C@H]8O)[C@H](O)[C@H]7O)C(C)(C)[C@H]6CC[C@@]5(C)[C@]3(C)CC4)[C@H](O)[C@H]2O)[C@H](O)[C@H](O[C@@H]2OC[C@@H](O[C@H]3O[C@H](CO)[C@@H](O)[C@H](O)[C@H]3O)[C@H](O)[C@H]2O)[C@H]1O. The molecule has 6 aliphatic heterocycles. The molecule has 6 saturated heterocycles. The van der Waals surface area contributed by atoms with Gasteiger partial charge >= 0.3 is 5.97 Å². The molecule has 5 aliphatic carbocycles. The van der Waals surface area contributed by atoms with Crippen LogP contribution in [0.25, 0.3) is 0 Å². The predicted molar refractivity (Wildman–Crippen MR) is 309 cm³/mol. The van der Waals surface area contributed by atoms with Gasteiger partial charge in [0.1, 0.15) is 122 Å². The molecule has 0 aromatic carbocycles. The quantitative estimate of drug-likeness (QED) is 0.0457. The molecule has 29 heteroatoms. The zero-order valence-electron chi connectivity index (χ0n) is 53.5. The van der Waals surface area contributed by atoms with Crippen molar-refractivity contribution in [1.82, 2.24) is 0 Å². The molecule has 0 spiro atoms. The number of fused-ring (bicyclic) bond motifs is 7. The number of esters is 1. The third kappa shape index (κ3) is 12.2. The average Bonchev–Trinajstić information content (AvgIpc) is 0.677. The molecule has 4 saturated carbocycles. The Morgan fingerprint density at radius 1 is 0.489 bits per heavy atom. The predicted octanol–water partition coefficient (Wildman–Crippen LogP) is -3.44. The summed E-state index contributed by atoms with van der Waals surface area (Å²) in [7, 11) is 0. The first-order valence-electron chi connectivity index (χ1n) is 32.9. The number of hydrogen-bond donors (Lipinski definition) is 16. The van der Waals surface area contributed by atoms with E-state index in [1.54, 1.807) is 0 Å². The summed E-state index contributed by atoms with van der Waals surface area (Å²) in [5.74, 6) is -0.325. The highest BCUT2D eigenvalue weighted by molar-refractivity contribution is 5.79. The summed E-state index contributed by atoms with van der Waals surface area (Å²) in [6, 6.07) is 0. The van der Waals surface area contributed by atoms with E-state index in [0.29, 0.717) is 32.1 Å². The third-order valence-corrected chi connectivity index (χ3v) is 24.5. The van der Waals surface area contributed by atoms with Crippen LogP contribution in [0.5, 0.6) is 0 Å². The zero-order valence-corrected chi connectivity index (χ0v) is 53.5. The van der Waals surface area contributed by atoms with Crippen LogP contribution in [0.15, 0.2) is 11.6 Å². The number of ether oxygens (including phenoxy) is 12. The minimum Gasteiger partial charge on any atom is -0.432 e. The first kappa shape index (κ1) is 71.4. The van der Waals surface area contributed by atoms with E-state index in [9.17, 15) is 81.7 Å². The molecule has 528 valence electrons. The van der Waals surface area contributed by atoms with Crippen molar-refractivity contribution in [2.75, 3.05) is 33.0 Å². The first-order valence-corrected chi connectivity index (χ1v) is 32.9. The highest BCUT2D eigenvalue weighted by Gasteiger charge is 2.70. The fourth-order valence-corrected chi connectivity index (χ4v) is 18.5. The van der Waals surface area contributed by atoms with Crippen LogP contribution in [0, 0.1) is 50.2 Å². The standard InChI is InChI=1S/C63H102O29/c1-25-36(66)50(91-52-45(75)40(70)31(23-82-52)88-55-48(78)43(73)38(68)29(21-65)86-55)49(79)56(84-25)89-32-24-83-53(46(76)41(32)71)92-57(80)63-17-15-58(2,3)19-27(63)26-9-10-34-60(6)13-12-35(59(4,5)33(60)11-14-62(34,8)61(26,7)16-18-63)90-51-44(74)39(69)30(22-81-51)87-54-47(77)42(72)37(67)28(20-64)85-54/h9,25,27-56,64-79H,10-24H2,1-8H3/t25-,27+,28+,29+,30-,31+,32+,33+,34+,35-,36-,37+,38+,39-,40-,41-,42-,43-,44+,45+,46+,47+,48+,49+,50+,51-,52-,53-,54-,55+,56-,60-,61+,62+,63-/m0/s1. The molecule has 0 aromatic rings. The molecule has 10 fully saturated rings. The second-order valence-corrected chi connectivity index (χ2v) is 30.5. The minimum atomic E-state index is -1.90. The molecule has 0 aromatic heterocycles. The lowest BCUT2D eigenvalue weighted by atomic mass is 9.33. The van der Waals surface area contributed by atoms with E-state index in [1.807, 2.05) is 0 Å². The van der Waals surface area contributed by atoms with Gasteiger partial charge in [0.15, 0.2) is 31.5 Å². The molecule has 11 aliphatic rings. The van der Waals surface area contributed by atoms with Crippen molar-refractivity contribution in [3.63, 3.8) is 0 Å². The first-order chi connectivity index (χ1) is 43.2. The lowest BCUT2D eigenvalue weighted by Crippen LogP contribution is -2.66. The van der Waals surface area contributed by atoms with Crippen molar-refractivity contribution in [2.45, 2.75) is 292 Å². The van der Waals surface area contributed by atoms with Gasteiger partial charge in [0.25, 0.3) is 0 Å². The van der Waals surface area contributed by atoms with E-state index in [0.717, 1.165) is 32.1 Å². The molecule has 29 nitrogen and oxygen atoms in total. The summed E-state index contributed by atoms with van der Waals surface area (Å²) < 4.78 is 70.4. The van der Waals surface area contributed by atoms with E-state index in [4.69, 9.17) is 56.8 Å². The molecular weight excluding hydrogens is 1220 g/mol. The van der Waals surface area contributed by atoms with Crippen LogP contribution < -0.4 is 0 Å². The van der Waals surface area contributed by atoms with E-state index in [1.165, 1.54) is 12.5 Å². The Hall–Kier alpha value is -1.87. The van der Waals surface area contributed by atoms with E-state index in [-0.39, 0.29) is 52.1 Å². The zero-order chi connectivity index (χ0) is 66.9. The Morgan fingerprint density at radius 2 is 0.967 bits per heavy atom. The molecule has 16 N–H and O–H groups in total. The van der Waals surface area contributed by atoms with Crippen LogP contribution in [-0.4, -0.2) is 293 Å². The number of aliphatic hydroxyl groups excluding tert-OH is 16. The van der Waals surface area contributed by atoms with Crippen LogP contribution in [0.4, 0.5) is 0 Å². The number of aliphatic hydroxyl groups is 16. The van der Waals surface area contributed by atoms with Gasteiger partial charge in [-0.2, -0.15) is 0 Å². The average molecular weight is 1320 g/mol. The van der Waals surface area contributed by atoms with Crippen LogP contribution in [0.3, 0.4) is 0 Å². The normalized spacial score (nSPS) is 54.3. The van der Waals surface area contributed by atoms with Gasteiger partial charge < -0.3 is 139 Å². The van der Waals surface area contributed by atoms with Gasteiger partial charge in [-0.1, -0.05) is 60.1 Å². The topological polar surface area (TPSA) is 452 Å². The largest absolute Gasteiger partial charge is 0.432 e. The van der Waals surface area contributed by atoms with E-state index in [2.05, 4.69) is 54.5 Å². The van der Waals surface area contributed by atoms with Gasteiger partial charge in [-0.3, -0.25) is 4.79 Å². The Morgan fingerprint density at radius 3 is 1.50 bits per heavy atom. The summed E-state index contributed by atoms with van der Waals surface area (Å²) >= 11 is 0. The van der Waals surface area contributed by atoms with Gasteiger partial charge in [0.05, 0.1) is 50.7 Å². The lowest BCUT2D eigenvalue weighted by molar-refractivity contribution is -0.372. The second-order valence-electron chi connectivity index (χ2n) is 30.5. The molecular formula is C63H102O29. The van der Waals surface area contributed by atoms with Crippen LogP contribution >= 0.6 is 0 Å². The maximum atomic E-state index is 15.2. The van der Waals surface area contributed by atoms with Crippen molar-refractivity contribution in [3.8, 4) is 0 Å². The van der Waals surface area contributed by atoms with Crippen molar-refractivity contribution in [3.05, 3.63) is 11.6 Å². The van der Waals surface area contributed by atoms with Crippen LogP contribution in [0.1, 0.15) is 120 Å². The summed E-state index contributed by atoms with van der Waals surface area (Å²) in [5.41, 5.74) is -0.956. The summed E-state index contributed by atoms with van der Waals surface area (Å²) in [6.45, 7) is 14.9. The molecule has 6 heterocycles. The molecule has 0 bridgehead atoms. The summed E-state index contributed by atoms with van der Waals surface area (Å²) in [5, 5.41) is 172. The number of hydrogen-bond acceptors (Lipinski definition) is 29. The van der Waals surface area contributed by atoms with E-state index < -0.39 is 209 Å². The van der Waals surface area contributed by atoms with Gasteiger partial charge in [-0.05, 0) is 116 Å². The van der Waals surface area contributed by atoms with Gasteiger partial charge in [-0.15, -0.1) is 0 Å². The fraction of sp³-hybridized carbons (Fsp3) is 0.952. The lowest BCUT2D eigenvalue weighted by Gasteiger charge is -2.71. The van der Waals surface area contributed by atoms with Crippen molar-refractivity contribution >= 4 is 5.97 Å². The van der Waals surface area contributed by atoms with Crippen molar-refractivity contribution in [1.29, 1.82) is 0 Å². The number of allylic oxidation sites excluding steroid dienone is 2. The molecule has 0 amide bonds. The number of carbonyl (C=O) groups is 1. The summed E-state index contributed by atoms with van der Waals surface area (Å²) in [4.78, 5) is 15.2. The number of rotatable bonds is 14. The Balaban J connectivity index is 0.715. The molecule has 92 heavy (non-hydrogen) atoms. The van der Waals surface area contributed by atoms with Crippen LogP contribution in [0.2, 0.25) is 0 Å². The van der Waals surface area contributed by atoms with Crippen molar-refractivity contribution < 1.29 is 143 Å². The van der Waals surface area contributed by atoms with Crippen LogP contribution in [-0.2, 0) is 61.6 Å². The summed E-state index contributed by atoms with van der Waals surface area (Å²) in [6.07, 6.45) is -33.5. The fourth-order valence-electron chi connectivity index (χ4n) is 18.5. The molecule has 0 radical (unpaired) electrons. The maximum absolute atomic E-state index is 15.2. The smallest absolute Gasteiger partial charge is 0.315 e. The van der Waals surface area contributed by atoms with Crippen molar-refractivity contribution in [2.24, 2.45) is 50.2 Å². The molecule has 11 rings (SSSR count). The third-order valence-electron chi connectivity index (χ3n) is 24.5. The monoisotopic (exact) mass is 1320 g/mol. The highest BCUT2D eigenvalue weighted by Crippen LogP contribution is 2.76. The second kappa shape index (κ2) is 26.7. The minimum absolute atomic E-state index is 0.130. The Kier molecular flexibility index (Phi) is 20.7. The highest BCUT2D eigenvalue weighted by atomic mass is 16.8. The Bertz CT molecular complexity index is 2580. The van der Waals surface area contributed by atoms with Gasteiger partial charge in [-0.25, -0.2) is 0 Å². The van der Waals surface area contributed by atoms with Gasteiger partial charge in [0, 0.05) is 0 Å².